The zero-order valence-electron chi connectivity index (χ0n) is 9.95. The molecule has 0 fully saturated rings. The fraction of sp³-hybridized carbons (Fsp3) is 0.538. The number of nitrogens with one attached hydrogen (secondary N) is 1. The van der Waals surface area contributed by atoms with Gasteiger partial charge in [-0.1, -0.05) is 6.58 Å². The molecule has 0 amide bonds. The van der Waals surface area contributed by atoms with Crippen LogP contribution in [-0.2, 0) is 11.2 Å². The number of hydrogen-bond acceptors (Lipinski definition) is 3. The maximum atomic E-state index is 5.28. The van der Waals surface area contributed by atoms with Crippen molar-refractivity contribution in [2.75, 3.05) is 13.2 Å². The molecule has 1 heterocycles. The van der Waals surface area contributed by atoms with Crippen LogP contribution < -0.4 is 5.32 Å². The standard InChI is InChI=1S/C13H21NO2/c1-3-15-10-5-9-14-12(2)7-8-13-6-4-11-16-13/h3-4,6,11-12,14H,1,5,7-10H2,2H3. The van der Waals surface area contributed by atoms with Gasteiger partial charge >= 0.3 is 0 Å². The van der Waals surface area contributed by atoms with E-state index in [1.807, 2.05) is 12.1 Å². The highest BCUT2D eigenvalue weighted by Gasteiger charge is 2.02. The van der Waals surface area contributed by atoms with Gasteiger partial charge in [0.15, 0.2) is 0 Å². The number of rotatable bonds is 9. The third-order valence-corrected chi connectivity index (χ3v) is 2.45. The van der Waals surface area contributed by atoms with Crippen LogP contribution in [0.5, 0.6) is 0 Å². The third kappa shape index (κ3) is 5.61. The van der Waals surface area contributed by atoms with E-state index >= 15 is 0 Å². The summed E-state index contributed by atoms with van der Waals surface area (Å²) in [5.74, 6) is 1.06. The zero-order chi connectivity index (χ0) is 11.6. The van der Waals surface area contributed by atoms with Gasteiger partial charge in [0.1, 0.15) is 5.76 Å². The van der Waals surface area contributed by atoms with E-state index in [2.05, 4.69) is 18.8 Å². The Morgan fingerprint density at radius 2 is 2.50 bits per heavy atom. The molecule has 0 saturated heterocycles. The third-order valence-electron chi connectivity index (χ3n) is 2.45. The summed E-state index contributed by atoms with van der Waals surface area (Å²) in [4.78, 5) is 0. The van der Waals surface area contributed by atoms with E-state index in [4.69, 9.17) is 9.15 Å². The lowest BCUT2D eigenvalue weighted by molar-refractivity contribution is 0.243. The fourth-order valence-electron chi connectivity index (χ4n) is 1.50. The van der Waals surface area contributed by atoms with E-state index in [1.54, 1.807) is 6.26 Å². The molecule has 3 nitrogen and oxygen atoms in total. The highest BCUT2D eigenvalue weighted by molar-refractivity contribution is 4.98. The minimum absolute atomic E-state index is 0.508. The van der Waals surface area contributed by atoms with Gasteiger partial charge in [0.05, 0.1) is 19.1 Å². The summed E-state index contributed by atoms with van der Waals surface area (Å²) in [6, 6.07) is 4.46. The van der Waals surface area contributed by atoms with Crippen LogP contribution in [0.15, 0.2) is 35.7 Å². The Labute approximate surface area is 97.5 Å². The zero-order valence-corrected chi connectivity index (χ0v) is 9.95. The molecule has 16 heavy (non-hydrogen) atoms. The fourth-order valence-corrected chi connectivity index (χ4v) is 1.50. The Hall–Kier alpha value is -1.22. The highest BCUT2D eigenvalue weighted by Crippen LogP contribution is 2.05. The van der Waals surface area contributed by atoms with Gasteiger partial charge < -0.3 is 14.5 Å². The van der Waals surface area contributed by atoms with Crippen molar-refractivity contribution in [3.8, 4) is 0 Å². The Bertz CT molecular complexity index is 269. The molecule has 0 aromatic carbocycles. The molecular weight excluding hydrogens is 202 g/mol. The van der Waals surface area contributed by atoms with E-state index in [0.29, 0.717) is 6.04 Å². The van der Waals surface area contributed by atoms with Gasteiger partial charge in [0.2, 0.25) is 0 Å². The molecule has 1 unspecified atom stereocenters. The lowest BCUT2D eigenvalue weighted by atomic mass is 10.1. The SMILES string of the molecule is C=COCCCNC(C)CCc1ccco1. The van der Waals surface area contributed by atoms with Gasteiger partial charge in [0, 0.05) is 12.5 Å². The Morgan fingerprint density at radius 3 is 3.19 bits per heavy atom. The van der Waals surface area contributed by atoms with Gasteiger partial charge in [-0.2, -0.15) is 0 Å². The van der Waals surface area contributed by atoms with E-state index in [9.17, 15) is 0 Å². The summed E-state index contributed by atoms with van der Waals surface area (Å²) in [7, 11) is 0. The average molecular weight is 223 g/mol. The molecule has 0 bridgehead atoms. The largest absolute Gasteiger partial charge is 0.502 e. The van der Waals surface area contributed by atoms with Crippen LogP contribution in [0.3, 0.4) is 0 Å². The second-order valence-corrected chi connectivity index (χ2v) is 3.86. The Kier molecular flexibility index (Phi) is 6.42. The molecule has 90 valence electrons. The first-order valence-corrected chi connectivity index (χ1v) is 5.81. The van der Waals surface area contributed by atoms with Crippen molar-refractivity contribution in [3.63, 3.8) is 0 Å². The summed E-state index contributed by atoms with van der Waals surface area (Å²) < 4.78 is 10.3. The molecule has 1 N–H and O–H groups in total. The predicted molar refractivity (Wildman–Crippen MR) is 65.3 cm³/mol. The molecule has 1 aromatic heterocycles. The molecule has 0 aliphatic carbocycles. The summed E-state index contributed by atoms with van der Waals surface area (Å²) in [5, 5.41) is 3.45. The van der Waals surface area contributed by atoms with Crippen molar-refractivity contribution in [1.82, 2.24) is 5.32 Å². The first-order valence-electron chi connectivity index (χ1n) is 5.81. The first kappa shape index (κ1) is 12.8. The summed E-state index contributed by atoms with van der Waals surface area (Å²) >= 11 is 0. The molecule has 1 atom stereocenters. The second kappa shape index (κ2) is 7.99. The van der Waals surface area contributed by atoms with Gasteiger partial charge in [-0.05, 0) is 38.4 Å². The van der Waals surface area contributed by atoms with E-state index in [-0.39, 0.29) is 0 Å². The van der Waals surface area contributed by atoms with Crippen LogP contribution in [0, 0.1) is 0 Å². The molecule has 0 radical (unpaired) electrons. The number of aryl methyl sites for hydroxylation is 1. The molecule has 1 aromatic rings. The van der Waals surface area contributed by atoms with Crippen LogP contribution in [0.4, 0.5) is 0 Å². The molecule has 1 rings (SSSR count). The first-order chi connectivity index (χ1) is 7.83. The Morgan fingerprint density at radius 1 is 1.62 bits per heavy atom. The molecule has 0 aliphatic rings. The van der Waals surface area contributed by atoms with Crippen molar-refractivity contribution in [2.45, 2.75) is 32.2 Å². The second-order valence-electron chi connectivity index (χ2n) is 3.86. The molecule has 0 saturated carbocycles. The maximum Gasteiger partial charge on any atom is 0.103 e. The van der Waals surface area contributed by atoms with Gasteiger partial charge in [0.25, 0.3) is 0 Å². The van der Waals surface area contributed by atoms with E-state index < -0.39 is 0 Å². The van der Waals surface area contributed by atoms with Crippen LogP contribution in [0.1, 0.15) is 25.5 Å². The van der Waals surface area contributed by atoms with Crippen molar-refractivity contribution < 1.29 is 9.15 Å². The maximum absolute atomic E-state index is 5.28. The summed E-state index contributed by atoms with van der Waals surface area (Å²) in [6.07, 6.45) is 6.30. The van der Waals surface area contributed by atoms with Crippen LogP contribution >= 0.6 is 0 Å². The summed E-state index contributed by atoms with van der Waals surface area (Å²) in [5.41, 5.74) is 0. The van der Waals surface area contributed by atoms with Crippen LogP contribution in [0.25, 0.3) is 0 Å². The molecule has 0 aliphatic heterocycles. The highest BCUT2D eigenvalue weighted by atomic mass is 16.5. The number of furan rings is 1. The smallest absolute Gasteiger partial charge is 0.103 e. The molecular formula is C13H21NO2. The molecule has 3 heteroatoms. The lowest BCUT2D eigenvalue weighted by Crippen LogP contribution is -2.28. The minimum Gasteiger partial charge on any atom is -0.502 e. The lowest BCUT2D eigenvalue weighted by Gasteiger charge is -2.12. The number of hydrogen-bond donors (Lipinski definition) is 1. The monoisotopic (exact) mass is 223 g/mol. The summed E-state index contributed by atoms with van der Waals surface area (Å²) in [6.45, 7) is 7.41. The number of ether oxygens (including phenoxy) is 1. The van der Waals surface area contributed by atoms with Gasteiger partial charge in [-0.25, -0.2) is 0 Å². The van der Waals surface area contributed by atoms with Gasteiger partial charge in [-0.3, -0.25) is 0 Å². The van der Waals surface area contributed by atoms with Crippen molar-refractivity contribution in [3.05, 3.63) is 37.0 Å². The topological polar surface area (TPSA) is 34.4 Å². The van der Waals surface area contributed by atoms with Crippen molar-refractivity contribution >= 4 is 0 Å². The average Bonchev–Trinajstić information content (AvgIpc) is 2.79. The minimum atomic E-state index is 0.508. The van der Waals surface area contributed by atoms with Gasteiger partial charge in [-0.15, -0.1) is 0 Å². The molecule has 0 spiro atoms. The van der Waals surface area contributed by atoms with Crippen molar-refractivity contribution in [2.24, 2.45) is 0 Å². The normalized spacial score (nSPS) is 12.3. The van der Waals surface area contributed by atoms with E-state index in [1.165, 1.54) is 6.26 Å². The Balaban J connectivity index is 1.98. The predicted octanol–water partition coefficient (Wildman–Crippen LogP) is 2.74. The van der Waals surface area contributed by atoms with Crippen LogP contribution in [-0.4, -0.2) is 19.2 Å². The van der Waals surface area contributed by atoms with Crippen molar-refractivity contribution in [1.29, 1.82) is 0 Å². The van der Waals surface area contributed by atoms with Crippen LogP contribution in [0.2, 0.25) is 0 Å². The quantitative estimate of drug-likeness (QED) is 0.516. The van der Waals surface area contributed by atoms with E-state index in [0.717, 1.165) is 38.2 Å².